The molecular weight excluding hydrogens is 346 g/mol. The lowest BCUT2D eigenvalue weighted by Crippen LogP contribution is -2.34. The van der Waals surface area contributed by atoms with Gasteiger partial charge in [0.15, 0.2) is 0 Å². The minimum absolute atomic E-state index is 0.336. The third-order valence-electron chi connectivity index (χ3n) is 2.00. The van der Waals surface area contributed by atoms with E-state index >= 15 is 0 Å². The average Bonchev–Trinajstić information content (AvgIpc) is 2.24. The maximum atomic E-state index is 12.0. The lowest BCUT2D eigenvalue weighted by Gasteiger charge is -2.11. The number of benzene rings is 1. The minimum Gasteiger partial charge on any atom is -0.478 e. The lowest BCUT2D eigenvalue weighted by atomic mass is 10.2. The van der Waals surface area contributed by atoms with E-state index in [1.54, 1.807) is 0 Å². The van der Waals surface area contributed by atoms with E-state index in [0.29, 0.717) is 6.07 Å². The highest BCUT2D eigenvalue weighted by atomic mass is 35.5. The summed E-state index contributed by atoms with van der Waals surface area (Å²) in [4.78, 5) is 10.0. The molecular formula is C9H6Cl2F3NO4S. The van der Waals surface area contributed by atoms with Gasteiger partial charge in [0.1, 0.15) is 11.4 Å². The number of halogens is 5. The van der Waals surface area contributed by atoms with Crippen LogP contribution in [0.1, 0.15) is 10.4 Å². The van der Waals surface area contributed by atoms with E-state index < -0.39 is 44.2 Å². The Balaban J connectivity index is 3.25. The van der Waals surface area contributed by atoms with Gasteiger partial charge in [0.05, 0.1) is 15.6 Å². The monoisotopic (exact) mass is 351 g/mol. The molecule has 0 fully saturated rings. The minimum atomic E-state index is -4.76. The smallest absolute Gasteiger partial charge is 0.402 e. The van der Waals surface area contributed by atoms with Crippen molar-refractivity contribution in [2.75, 3.05) is 6.54 Å². The molecule has 0 saturated heterocycles. The van der Waals surface area contributed by atoms with Crippen LogP contribution in [0.2, 0.25) is 10.0 Å². The number of hydrogen-bond acceptors (Lipinski definition) is 3. The molecule has 0 aromatic heterocycles. The molecule has 2 N–H and O–H groups in total. The summed E-state index contributed by atoms with van der Waals surface area (Å²) in [6.07, 6.45) is -4.76. The molecule has 0 atom stereocenters. The number of rotatable bonds is 4. The number of carbonyl (C=O) groups is 1. The van der Waals surface area contributed by atoms with E-state index in [1.165, 1.54) is 4.72 Å². The molecule has 11 heteroatoms. The second kappa shape index (κ2) is 5.76. The van der Waals surface area contributed by atoms with Crippen LogP contribution >= 0.6 is 23.2 Å². The number of carboxylic acids is 1. The predicted octanol–water partition coefficient (Wildman–Crippen LogP) is 2.53. The second-order valence-electron chi connectivity index (χ2n) is 3.51. The molecule has 0 bridgehead atoms. The van der Waals surface area contributed by atoms with Crippen molar-refractivity contribution >= 4 is 39.2 Å². The Hall–Kier alpha value is -1.03. The number of nitrogens with one attached hydrogen (secondary N) is 1. The van der Waals surface area contributed by atoms with Crippen molar-refractivity contribution in [2.45, 2.75) is 11.1 Å². The summed E-state index contributed by atoms with van der Waals surface area (Å²) in [5.41, 5.74) is -0.594. The Morgan fingerprint density at radius 1 is 1.25 bits per heavy atom. The Labute approximate surface area is 121 Å². The first kappa shape index (κ1) is 17.0. The van der Waals surface area contributed by atoms with Crippen LogP contribution < -0.4 is 4.72 Å². The van der Waals surface area contributed by atoms with Crippen molar-refractivity contribution < 1.29 is 31.5 Å². The summed E-state index contributed by atoms with van der Waals surface area (Å²) in [5.74, 6) is -1.54. The molecule has 0 spiro atoms. The van der Waals surface area contributed by atoms with E-state index in [9.17, 15) is 26.4 Å². The fourth-order valence-corrected chi connectivity index (χ4v) is 3.02. The van der Waals surface area contributed by atoms with Crippen molar-refractivity contribution in [3.05, 3.63) is 27.7 Å². The number of sulfonamides is 1. The highest BCUT2D eigenvalue weighted by Gasteiger charge is 2.31. The summed E-state index contributed by atoms with van der Waals surface area (Å²) in [7, 11) is -4.62. The van der Waals surface area contributed by atoms with E-state index in [0.717, 1.165) is 6.07 Å². The number of alkyl halides is 3. The van der Waals surface area contributed by atoms with Crippen LogP contribution in [0.4, 0.5) is 13.2 Å². The Morgan fingerprint density at radius 2 is 1.80 bits per heavy atom. The van der Waals surface area contributed by atoms with Crippen molar-refractivity contribution in [1.29, 1.82) is 0 Å². The van der Waals surface area contributed by atoms with Gasteiger partial charge in [0, 0.05) is 0 Å². The first-order valence-corrected chi connectivity index (χ1v) is 6.97. The van der Waals surface area contributed by atoms with Gasteiger partial charge in [-0.2, -0.15) is 13.2 Å². The summed E-state index contributed by atoms with van der Waals surface area (Å²) >= 11 is 11.1. The number of hydrogen-bond donors (Lipinski definition) is 2. The van der Waals surface area contributed by atoms with Crippen LogP contribution in [0.5, 0.6) is 0 Å². The van der Waals surface area contributed by atoms with Gasteiger partial charge in [-0.15, -0.1) is 0 Å². The third-order valence-corrected chi connectivity index (χ3v) is 4.18. The van der Waals surface area contributed by atoms with Crippen molar-refractivity contribution in [3.8, 4) is 0 Å². The zero-order valence-corrected chi connectivity index (χ0v) is 11.7. The van der Waals surface area contributed by atoms with Crippen LogP contribution in [-0.2, 0) is 10.0 Å². The highest BCUT2D eigenvalue weighted by Crippen LogP contribution is 2.29. The summed E-state index contributed by atoms with van der Waals surface area (Å²) in [6, 6.07) is 1.42. The van der Waals surface area contributed by atoms with Crippen molar-refractivity contribution in [3.63, 3.8) is 0 Å². The van der Waals surface area contributed by atoms with E-state index in [4.69, 9.17) is 28.3 Å². The number of aromatic carboxylic acids is 1. The quantitative estimate of drug-likeness (QED) is 0.872. The first-order chi connectivity index (χ1) is 8.94. The average molecular weight is 352 g/mol. The van der Waals surface area contributed by atoms with Gasteiger partial charge < -0.3 is 5.11 Å². The van der Waals surface area contributed by atoms with E-state index in [-0.39, 0.29) is 5.02 Å². The molecule has 0 aliphatic heterocycles. The van der Waals surface area contributed by atoms with Crippen LogP contribution in [0.25, 0.3) is 0 Å². The summed E-state index contributed by atoms with van der Waals surface area (Å²) in [5, 5.41) is 7.96. The molecule has 0 amide bonds. The van der Waals surface area contributed by atoms with Gasteiger partial charge in [0.25, 0.3) is 0 Å². The molecule has 0 aliphatic carbocycles. The van der Waals surface area contributed by atoms with Crippen LogP contribution in [0, 0.1) is 0 Å². The molecule has 112 valence electrons. The maximum absolute atomic E-state index is 12.0. The number of carboxylic acid groups (broad SMARTS) is 1. The molecule has 0 saturated carbocycles. The van der Waals surface area contributed by atoms with Gasteiger partial charge in [0.2, 0.25) is 10.0 Å². The topological polar surface area (TPSA) is 83.5 Å². The van der Waals surface area contributed by atoms with Crippen LogP contribution in [-0.4, -0.2) is 32.2 Å². The third kappa shape index (κ3) is 4.23. The van der Waals surface area contributed by atoms with Gasteiger partial charge in [-0.25, -0.2) is 17.9 Å². The largest absolute Gasteiger partial charge is 0.478 e. The Morgan fingerprint density at radius 3 is 2.25 bits per heavy atom. The maximum Gasteiger partial charge on any atom is 0.402 e. The molecule has 20 heavy (non-hydrogen) atoms. The van der Waals surface area contributed by atoms with Crippen LogP contribution in [0.15, 0.2) is 17.0 Å². The predicted molar refractivity (Wildman–Crippen MR) is 64.7 cm³/mol. The molecule has 0 aliphatic rings. The SMILES string of the molecule is O=C(O)c1cc(S(=O)(=O)NCC(F)(F)F)c(Cl)cc1Cl. The highest BCUT2D eigenvalue weighted by molar-refractivity contribution is 7.89. The molecule has 1 aromatic carbocycles. The molecule has 0 unspecified atom stereocenters. The van der Waals surface area contributed by atoms with Crippen molar-refractivity contribution in [2.24, 2.45) is 0 Å². The molecule has 1 aromatic rings. The van der Waals surface area contributed by atoms with Crippen LogP contribution in [0.3, 0.4) is 0 Å². The Kier molecular flexibility index (Phi) is 4.90. The van der Waals surface area contributed by atoms with Gasteiger partial charge >= 0.3 is 12.1 Å². The van der Waals surface area contributed by atoms with Crippen molar-refractivity contribution in [1.82, 2.24) is 4.72 Å². The molecule has 0 radical (unpaired) electrons. The molecule has 5 nitrogen and oxygen atoms in total. The second-order valence-corrected chi connectivity index (χ2v) is 6.06. The molecule has 1 rings (SSSR count). The zero-order valence-electron chi connectivity index (χ0n) is 9.33. The van der Waals surface area contributed by atoms with Gasteiger partial charge in [-0.1, -0.05) is 23.2 Å². The fourth-order valence-electron chi connectivity index (χ4n) is 1.15. The zero-order chi connectivity index (χ0) is 15.7. The normalized spacial score (nSPS) is 12.4. The standard InChI is InChI=1S/C9H6Cl2F3NO4S/c10-5-2-6(11)7(1-4(5)8(16)17)20(18,19)15-3-9(12,13)14/h1-2,15H,3H2,(H,16,17). The van der Waals surface area contributed by atoms with Gasteiger partial charge in [-0.3, -0.25) is 0 Å². The van der Waals surface area contributed by atoms with Gasteiger partial charge in [-0.05, 0) is 12.1 Å². The summed E-state index contributed by atoms with van der Waals surface area (Å²) in [6.45, 7) is -1.81. The van der Waals surface area contributed by atoms with E-state index in [1.807, 2.05) is 0 Å². The summed E-state index contributed by atoms with van der Waals surface area (Å²) < 4.78 is 60.6. The Bertz CT molecular complexity index is 645. The lowest BCUT2D eigenvalue weighted by molar-refractivity contribution is -0.121. The fraction of sp³-hybridized carbons (Fsp3) is 0.222. The first-order valence-electron chi connectivity index (χ1n) is 4.73. The van der Waals surface area contributed by atoms with E-state index in [2.05, 4.69) is 0 Å². The molecule has 0 heterocycles.